The van der Waals surface area contributed by atoms with Gasteiger partial charge in [-0.15, -0.1) is 12.1 Å². The quantitative estimate of drug-likeness (QED) is 0.0280. The van der Waals surface area contributed by atoms with Gasteiger partial charge in [-0.25, -0.2) is 23.0 Å². The van der Waals surface area contributed by atoms with E-state index in [4.69, 9.17) is 4.42 Å². The summed E-state index contributed by atoms with van der Waals surface area (Å²) in [4.78, 5) is 39.9. The molecule has 6 aromatic carbocycles. The Bertz CT molecular complexity index is 3800. The molecule has 0 radical (unpaired) electrons. The number of hydrogen-bond acceptors (Lipinski definition) is 11. The topological polar surface area (TPSA) is 273 Å². The molecule has 0 saturated heterocycles. The molecular formula is C52H43N6Na4O11S2+. The van der Waals surface area contributed by atoms with Crippen LogP contribution in [0.3, 0.4) is 0 Å². The van der Waals surface area contributed by atoms with Gasteiger partial charge in [-0.2, -0.15) is 44.8 Å². The number of carboxylic acid groups (broad SMARTS) is 1. The minimum absolute atomic E-state index is 0. The fraction of sp³-hybridized carbons (Fsp3) is 0.115. The molecule has 362 valence electrons. The fourth-order valence-corrected chi connectivity index (χ4v) is 9.94. The van der Waals surface area contributed by atoms with E-state index in [1.54, 1.807) is 57.2 Å². The first-order valence-corrected chi connectivity index (χ1v) is 24.4. The van der Waals surface area contributed by atoms with Gasteiger partial charge in [0.05, 0.1) is 29.1 Å². The van der Waals surface area contributed by atoms with Crippen molar-refractivity contribution < 1.29 is 173 Å². The summed E-state index contributed by atoms with van der Waals surface area (Å²) in [5.74, 6) is -1.52. The Labute approximate surface area is 521 Å². The van der Waals surface area contributed by atoms with Crippen LogP contribution in [0, 0.1) is 53.7 Å². The van der Waals surface area contributed by atoms with Crippen LogP contribution in [0.5, 0.6) is 0 Å². The standard InChI is InChI=1S/C52H44N6O11S2.4Na/c1-27-22-29(3)48(57-51(61)54-33-14-8-7-9-15-33)31(5)46(27)53-34-20-21-36-41(24-34)69-42-26-40(44(71(66,67)68)25-38(42)45(36)37-17-11-13-19-43(37)70(63,64)65)55-47-28(2)23-30(4)49(32(47)6)58-52(62)56-39-18-12-10-16-35(39)50(59)60;;;;/h7-14,16-19,21-26,53H,1-6H3,(H,59,60)(H2,54,57,61)(H2,56,58,62)(H,63,64,65)(H,66,67,68);;;;/q-2;4*+1/p-1. The maximum atomic E-state index is 13.3. The number of para-hydroxylation sites is 2. The van der Waals surface area contributed by atoms with Crippen LogP contribution in [0.1, 0.15) is 43.7 Å². The summed E-state index contributed by atoms with van der Waals surface area (Å²) in [5, 5.41) is 26.0. The van der Waals surface area contributed by atoms with Gasteiger partial charge >= 0.3 is 130 Å². The van der Waals surface area contributed by atoms with Crippen molar-refractivity contribution in [2.75, 3.05) is 26.6 Å². The molecule has 1 aliphatic heterocycles. The number of amides is 4. The SMILES string of the molecule is Cc1cc(C)c(Nc2[c-]cc3c(-c4ccccc4S(=O)(=O)O)c4cc(S(=O)(=O)[O-])c(=[NH+]c5c(C)cc(C)c(NC(=O)Nc6ccccc6C(=O)[O-])c5C)cc-4oc3c2)c(C)c1NC(=O)Nc1[c-]cccc1.[Na+].[Na+].[Na+].[Na+]. The van der Waals surface area contributed by atoms with E-state index in [9.17, 15) is 45.4 Å². The van der Waals surface area contributed by atoms with Crippen LogP contribution in [-0.4, -0.2) is 44.0 Å². The number of rotatable bonds is 11. The molecular weight excluding hydrogens is 1040 g/mol. The van der Waals surface area contributed by atoms with E-state index in [0.29, 0.717) is 45.0 Å². The molecule has 6 aromatic rings. The number of carboxylic acids is 1. The van der Waals surface area contributed by atoms with Crippen LogP contribution >= 0.6 is 0 Å². The summed E-state index contributed by atoms with van der Waals surface area (Å²) >= 11 is 0. The number of aromatic carboxylic acids is 1. The van der Waals surface area contributed by atoms with Crippen LogP contribution in [0.4, 0.5) is 49.4 Å². The van der Waals surface area contributed by atoms with Crippen LogP contribution in [-0.2, 0) is 20.2 Å². The average Bonchev–Trinajstić information content (AvgIpc) is 3.30. The number of carbonyl (C=O) groups is 3. The van der Waals surface area contributed by atoms with Gasteiger partial charge in [-0.3, -0.25) is 4.55 Å². The van der Waals surface area contributed by atoms with Gasteiger partial charge in [-0.05, 0) is 93.6 Å². The van der Waals surface area contributed by atoms with Crippen molar-refractivity contribution in [3.05, 3.63) is 166 Å². The van der Waals surface area contributed by atoms with Gasteiger partial charge in [0.25, 0.3) is 10.1 Å². The van der Waals surface area contributed by atoms with Gasteiger partial charge < -0.3 is 45.5 Å². The zero-order valence-corrected chi connectivity index (χ0v) is 52.4. The summed E-state index contributed by atoms with van der Waals surface area (Å²) < 4.78 is 82.5. The second kappa shape index (κ2) is 25.9. The van der Waals surface area contributed by atoms with Crippen LogP contribution in [0.25, 0.3) is 33.4 Å². The minimum atomic E-state index is -5.33. The Morgan fingerprint density at radius 1 is 0.627 bits per heavy atom. The van der Waals surface area contributed by atoms with Crippen molar-refractivity contribution in [2.24, 2.45) is 0 Å². The molecule has 1 heterocycles. The number of nitrogens with one attached hydrogen (secondary N) is 6. The molecule has 17 nitrogen and oxygen atoms in total. The van der Waals surface area contributed by atoms with Gasteiger partial charge in [0.1, 0.15) is 25.7 Å². The molecule has 0 unspecified atom stereocenters. The van der Waals surface area contributed by atoms with E-state index >= 15 is 0 Å². The molecule has 1 aliphatic carbocycles. The monoisotopic (exact) mass is 1080 g/mol. The van der Waals surface area contributed by atoms with Gasteiger partial charge in [0, 0.05) is 33.5 Å². The Hall–Kier alpha value is -4.36. The molecule has 7 N–H and O–H groups in total. The number of fused-ring (bicyclic) bond motifs is 2. The smallest absolute Gasteiger partial charge is 0.744 e. The first kappa shape index (κ1) is 63.2. The van der Waals surface area contributed by atoms with Crippen molar-refractivity contribution in [3.63, 3.8) is 0 Å². The molecule has 75 heavy (non-hydrogen) atoms. The molecule has 8 rings (SSSR count). The molecule has 0 aromatic heterocycles. The number of benzene rings is 7. The third-order valence-corrected chi connectivity index (χ3v) is 13.5. The van der Waals surface area contributed by atoms with Crippen LogP contribution in [0.2, 0.25) is 0 Å². The summed E-state index contributed by atoms with van der Waals surface area (Å²) in [6.45, 7) is 10.7. The predicted octanol–water partition coefficient (Wildman–Crippen LogP) is -4.47. The Kier molecular flexibility index (Phi) is 21.8. The Morgan fingerprint density at radius 3 is 1.87 bits per heavy atom. The van der Waals surface area contributed by atoms with Crippen molar-refractivity contribution in [1.82, 2.24) is 0 Å². The van der Waals surface area contributed by atoms with Crippen molar-refractivity contribution in [1.29, 1.82) is 0 Å². The molecule has 2 aliphatic rings. The second-order valence-corrected chi connectivity index (χ2v) is 19.4. The van der Waals surface area contributed by atoms with Crippen LogP contribution < -0.4 is 160 Å². The summed E-state index contributed by atoms with van der Waals surface area (Å²) in [5.41, 5.74) is 6.35. The Morgan fingerprint density at radius 2 is 1.23 bits per heavy atom. The zero-order valence-electron chi connectivity index (χ0n) is 42.7. The van der Waals surface area contributed by atoms with E-state index in [2.05, 4.69) is 43.7 Å². The third-order valence-electron chi connectivity index (χ3n) is 11.7. The molecule has 0 fully saturated rings. The maximum Gasteiger partial charge on any atom is 1.00 e. The Balaban J connectivity index is 0.00000304. The zero-order chi connectivity index (χ0) is 51.1. The summed E-state index contributed by atoms with van der Waals surface area (Å²) in [6.07, 6.45) is 0. The molecule has 4 amide bonds. The number of carbonyl (C=O) groups excluding carboxylic acids is 3. The number of aryl methyl sites for hydroxylation is 4. The van der Waals surface area contributed by atoms with Crippen molar-refractivity contribution >= 4 is 89.0 Å². The number of anilines is 6. The molecule has 0 bridgehead atoms. The first-order valence-electron chi connectivity index (χ1n) is 21.6. The molecule has 0 atom stereocenters. The molecule has 0 saturated carbocycles. The average molecular weight is 1080 g/mol. The number of urea groups is 2. The van der Waals surface area contributed by atoms with Gasteiger partial charge in [0.15, 0.2) is 0 Å². The van der Waals surface area contributed by atoms with E-state index in [0.717, 1.165) is 17.2 Å². The van der Waals surface area contributed by atoms with Crippen LogP contribution in [0.15, 0.2) is 123 Å². The maximum absolute atomic E-state index is 13.3. The van der Waals surface area contributed by atoms with Gasteiger partial charge in [0.2, 0.25) is 11.0 Å². The fourth-order valence-electron chi connectivity index (χ4n) is 8.60. The normalized spacial score (nSPS) is 11.3. The molecule has 0 spiro atoms. The number of hydrogen-bond donors (Lipinski definition) is 7. The van der Waals surface area contributed by atoms with E-state index in [-0.39, 0.29) is 180 Å². The van der Waals surface area contributed by atoms with E-state index in [1.807, 2.05) is 26.8 Å². The first-order chi connectivity index (χ1) is 33.6. The largest absolute Gasteiger partial charge is 1.00 e. The van der Waals surface area contributed by atoms with Crippen molar-refractivity contribution in [2.45, 2.75) is 51.3 Å². The second-order valence-electron chi connectivity index (χ2n) is 16.7. The summed E-state index contributed by atoms with van der Waals surface area (Å²) in [6, 6.07) is 32.0. The third kappa shape index (κ3) is 14.0. The van der Waals surface area contributed by atoms with E-state index in [1.165, 1.54) is 60.7 Å². The summed E-state index contributed by atoms with van der Waals surface area (Å²) in [7, 11) is -10.2. The van der Waals surface area contributed by atoms with Gasteiger partial charge in [-0.1, -0.05) is 64.8 Å². The molecule has 23 heteroatoms. The predicted molar refractivity (Wildman–Crippen MR) is 265 cm³/mol. The minimum Gasteiger partial charge on any atom is -0.744 e. The van der Waals surface area contributed by atoms with Crippen molar-refractivity contribution in [3.8, 4) is 22.5 Å². The van der Waals surface area contributed by atoms with E-state index < -0.39 is 48.1 Å².